The topological polar surface area (TPSA) is 47.0 Å². The molecule has 1 N–H and O–H groups in total. The summed E-state index contributed by atoms with van der Waals surface area (Å²) < 4.78 is 6.58. The van der Waals surface area contributed by atoms with Crippen LogP contribution in [0.25, 0.3) is 10.2 Å². The highest BCUT2D eigenvalue weighted by Gasteiger charge is 2.14. The Morgan fingerprint density at radius 3 is 3.06 bits per heavy atom. The third-order valence-electron chi connectivity index (χ3n) is 2.80. The van der Waals surface area contributed by atoms with Gasteiger partial charge in [0.2, 0.25) is 5.95 Å². The number of nitrogens with zero attached hydrogens (tertiary/aromatic N) is 2. The summed E-state index contributed by atoms with van der Waals surface area (Å²) in [6, 6.07) is 2.55. The largest absolute Gasteiger partial charge is 0.381 e. The number of rotatable bonds is 2. The van der Waals surface area contributed by atoms with Crippen LogP contribution in [0.3, 0.4) is 0 Å². The Morgan fingerprint density at radius 1 is 1.41 bits per heavy atom. The van der Waals surface area contributed by atoms with Crippen LogP contribution in [-0.2, 0) is 4.74 Å². The second-order valence-corrected chi connectivity index (χ2v) is 6.96. The highest BCUT2D eigenvalue weighted by molar-refractivity contribution is 14.1. The van der Waals surface area contributed by atoms with Gasteiger partial charge in [0.25, 0.3) is 0 Å². The van der Waals surface area contributed by atoms with Gasteiger partial charge in [-0.1, -0.05) is 0 Å². The molecule has 0 aromatic carbocycles. The molecule has 3 rings (SSSR count). The highest BCUT2D eigenvalue weighted by Crippen LogP contribution is 2.25. The van der Waals surface area contributed by atoms with E-state index in [4.69, 9.17) is 4.74 Å². The van der Waals surface area contributed by atoms with E-state index >= 15 is 0 Å². The van der Waals surface area contributed by atoms with Crippen LogP contribution in [0, 0.1) is 2.88 Å². The maximum atomic E-state index is 5.33. The fraction of sp³-hybridized carbons (Fsp3) is 0.455. The molecule has 0 saturated carbocycles. The molecule has 0 spiro atoms. The lowest BCUT2D eigenvalue weighted by Crippen LogP contribution is -2.28. The van der Waals surface area contributed by atoms with Crippen LogP contribution in [0.5, 0.6) is 0 Å². The number of aromatic nitrogens is 2. The molecular weight excluding hydrogens is 349 g/mol. The van der Waals surface area contributed by atoms with Crippen LogP contribution in [-0.4, -0.2) is 29.2 Å². The smallest absolute Gasteiger partial charge is 0.224 e. The van der Waals surface area contributed by atoms with Crippen molar-refractivity contribution < 1.29 is 4.74 Å². The molecule has 0 atom stereocenters. The number of hydrogen-bond acceptors (Lipinski definition) is 5. The Labute approximate surface area is 117 Å². The van der Waals surface area contributed by atoms with Gasteiger partial charge in [0.05, 0.1) is 2.88 Å². The Hall–Kier alpha value is -0.470. The van der Waals surface area contributed by atoms with Crippen LogP contribution in [0.2, 0.25) is 0 Å². The molecule has 0 aliphatic carbocycles. The highest BCUT2D eigenvalue weighted by atomic mass is 127. The van der Waals surface area contributed by atoms with Gasteiger partial charge in [-0.15, -0.1) is 11.3 Å². The van der Waals surface area contributed by atoms with Crippen LogP contribution in [0.15, 0.2) is 12.3 Å². The van der Waals surface area contributed by atoms with E-state index in [1.807, 2.05) is 6.20 Å². The van der Waals surface area contributed by atoms with E-state index in [2.05, 4.69) is 43.9 Å². The first-order valence-electron chi connectivity index (χ1n) is 5.57. The average molecular weight is 361 g/mol. The molecule has 0 amide bonds. The van der Waals surface area contributed by atoms with Crippen molar-refractivity contribution in [1.82, 2.24) is 9.97 Å². The van der Waals surface area contributed by atoms with Gasteiger partial charge in [-0.25, -0.2) is 9.97 Å². The van der Waals surface area contributed by atoms with Crippen molar-refractivity contribution in [3.8, 4) is 0 Å². The van der Waals surface area contributed by atoms with Gasteiger partial charge in [0, 0.05) is 30.8 Å². The Bertz CT molecular complexity index is 524. The van der Waals surface area contributed by atoms with Crippen molar-refractivity contribution in [2.45, 2.75) is 18.9 Å². The molecule has 0 radical (unpaired) electrons. The van der Waals surface area contributed by atoms with Crippen molar-refractivity contribution in [1.29, 1.82) is 0 Å². The Balaban J connectivity index is 1.79. The van der Waals surface area contributed by atoms with E-state index < -0.39 is 0 Å². The maximum Gasteiger partial charge on any atom is 0.224 e. The SMILES string of the molecule is Ic1cc2cnc(NC3CCOCC3)nc2s1. The van der Waals surface area contributed by atoms with E-state index in [1.165, 1.54) is 2.88 Å². The quantitative estimate of drug-likeness (QED) is 0.836. The summed E-state index contributed by atoms with van der Waals surface area (Å²) in [7, 11) is 0. The zero-order valence-electron chi connectivity index (χ0n) is 9.15. The van der Waals surface area contributed by atoms with Crippen LogP contribution < -0.4 is 5.32 Å². The fourth-order valence-electron chi connectivity index (χ4n) is 1.89. The van der Waals surface area contributed by atoms with E-state index in [0.717, 1.165) is 42.2 Å². The molecule has 0 unspecified atom stereocenters. The minimum atomic E-state index is 0.445. The molecule has 6 heteroatoms. The Morgan fingerprint density at radius 2 is 2.24 bits per heavy atom. The first kappa shape index (κ1) is 11.6. The van der Waals surface area contributed by atoms with E-state index in [1.54, 1.807) is 11.3 Å². The summed E-state index contributed by atoms with van der Waals surface area (Å²) in [6.07, 6.45) is 3.95. The molecule has 90 valence electrons. The molecule has 1 fully saturated rings. The first-order chi connectivity index (χ1) is 8.31. The number of nitrogens with one attached hydrogen (secondary N) is 1. The number of hydrogen-bond donors (Lipinski definition) is 1. The van der Waals surface area contributed by atoms with Gasteiger partial charge >= 0.3 is 0 Å². The van der Waals surface area contributed by atoms with Gasteiger partial charge in [-0.3, -0.25) is 0 Å². The lowest BCUT2D eigenvalue weighted by molar-refractivity contribution is 0.0903. The Kier molecular flexibility index (Phi) is 3.44. The van der Waals surface area contributed by atoms with Crippen molar-refractivity contribution in [2.24, 2.45) is 0 Å². The second kappa shape index (κ2) is 5.03. The summed E-state index contributed by atoms with van der Waals surface area (Å²) in [4.78, 5) is 9.95. The molecule has 3 heterocycles. The number of halogens is 1. The summed E-state index contributed by atoms with van der Waals surface area (Å²) in [5.41, 5.74) is 0. The predicted molar refractivity (Wildman–Crippen MR) is 77.6 cm³/mol. The summed E-state index contributed by atoms with van der Waals surface area (Å²) >= 11 is 4.01. The number of anilines is 1. The molecule has 1 aliphatic rings. The molecule has 1 aliphatic heterocycles. The average Bonchev–Trinajstić information content (AvgIpc) is 2.70. The minimum absolute atomic E-state index is 0.445. The lowest BCUT2D eigenvalue weighted by atomic mass is 10.1. The molecule has 2 aromatic heterocycles. The number of ether oxygens (including phenoxy) is 1. The second-order valence-electron chi connectivity index (χ2n) is 4.04. The number of fused-ring (bicyclic) bond motifs is 1. The van der Waals surface area contributed by atoms with Crippen LogP contribution >= 0.6 is 33.9 Å². The zero-order chi connectivity index (χ0) is 11.7. The van der Waals surface area contributed by atoms with Crippen molar-refractivity contribution in [3.63, 3.8) is 0 Å². The zero-order valence-corrected chi connectivity index (χ0v) is 12.1. The van der Waals surface area contributed by atoms with Crippen molar-refractivity contribution in [2.75, 3.05) is 18.5 Å². The third-order valence-corrected chi connectivity index (χ3v) is 4.60. The van der Waals surface area contributed by atoms with E-state index in [0.29, 0.717) is 6.04 Å². The van der Waals surface area contributed by atoms with Gasteiger partial charge in [0.1, 0.15) is 4.83 Å². The number of thiophene rings is 1. The predicted octanol–water partition coefficient (Wildman–Crippen LogP) is 2.89. The fourth-order valence-corrected chi connectivity index (χ4v) is 3.59. The van der Waals surface area contributed by atoms with Gasteiger partial charge < -0.3 is 10.1 Å². The monoisotopic (exact) mass is 361 g/mol. The van der Waals surface area contributed by atoms with Crippen LogP contribution in [0.1, 0.15) is 12.8 Å². The summed E-state index contributed by atoms with van der Waals surface area (Å²) in [6.45, 7) is 1.66. The van der Waals surface area contributed by atoms with E-state index in [9.17, 15) is 0 Å². The van der Waals surface area contributed by atoms with Crippen molar-refractivity contribution >= 4 is 50.1 Å². The van der Waals surface area contributed by atoms with Gasteiger partial charge in [0.15, 0.2) is 0 Å². The molecule has 1 saturated heterocycles. The molecule has 17 heavy (non-hydrogen) atoms. The molecule has 4 nitrogen and oxygen atoms in total. The molecule has 2 aromatic rings. The van der Waals surface area contributed by atoms with E-state index in [-0.39, 0.29) is 0 Å². The molecular formula is C11H12IN3OS. The van der Waals surface area contributed by atoms with Gasteiger partial charge in [-0.05, 0) is 41.5 Å². The lowest BCUT2D eigenvalue weighted by Gasteiger charge is -2.22. The summed E-state index contributed by atoms with van der Waals surface area (Å²) in [5.74, 6) is 0.739. The summed E-state index contributed by atoms with van der Waals surface area (Å²) in [5, 5.41) is 4.51. The third kappa shape index (κ3) is 2.69. The maximum absolute atomic E-state index is 5.33. The standard InChI is InChI=1S/C11H12IN3OS/c12-9-5-7-6-13-11(15-10(7)17-9)14-8-1-3-16-4-2-8/h5-6,8H,1-4H2,(H,13,14,15). The van der Waals surface area contributed by atoms with Crippen molar-refractivity contribution in [3.05, 3.63) is 15.1 Å². The minimum Gasteiger partial charge on any atom is -0.381 e. The first-order valence-corrected chi connectivity index (χ1v) is 7.47. The van der Waals surface area contributed by atoms with Gasteiger partial charge in [-0.2, -0.15) is 0 Å². The molecule has 0 bridgehead atoms. The van der Waals surface area contributed by atoms with Crippen LogP contribution in [0.4, 0.5) is 5.95 Å². The normalized spacial score (nSPS) is 17.5.